The summed E-state index contributed by atoms with van der Waals surface area (Å²) >= 11 is 0. The summed E-state index contributed by atoms with van der Waals surface area (Å²) in [5.41, 5.74) is 0.858. The first kappa shape index (κ1) is 19.4. The topological polar surface area (TPSA) is 105 Å². The Kier molecular flexibility index (Phi) is 5.26. The SMILES string of the molecule is CCc1c(Oc2cc(C)cc(C)c2)n(CC2CC2(CO)CO)c(=O)[nH]c1=O. The Bertz CT molecular complexity index is 936. The molecule has 1 aliphatic rings. The Morgan fingerprint density at radius 3 is 2.33 bits per heavy atom. The molecule has 27 heavy (non-hydrogen) atoms. The summed E-state index contributed by atoms with van der Waals surface area (Å²) < 4.78 is 7.45. The van der Waals surface area contributed by atoms with Crippen molar-refractivity contribution >= 4 is 0 Å². The van der Waals surface area contributed by atoms with Gasteiger partial charge in [-0.1, -0.05) is 13.0 Å². The number of aliphatic hydroxyl groups excluding tert-OH is 2. The molecule has 1 heterocycles. The minimum Gasteiger partial charge on any atom is -0.440 e. The number of nitrogens with one attached hydrogen (secondary N) is 1. The van der Waals surface area contributed by atoms with E-state index in [0.717, 1.165) is 11.1 Å². The van der Waals surface area contributed by atoms with Gasteiger partial charge in [0.25, 0.3) is 5.56 Å². The second-order valence-corrected chi connectivity index (χ2v) is 7.51. The van der Waals surface area contributed by atoms with Crippen molar-refractivity contribution in [1.29, 1.82) is 0 Å². The maximum absolute atomic E-state index is 12.5. The third-order valence-electron chi connectivity index (χ3n) is 5.40. The van der Waals surface area contributed by atoms with Gasteiger partial charge in [0.2, 0.25) is 5.88 Å². The second kappa shape index (κ2) is 7.32. The van der Waals surface area contributed by atoms with Gasteiger partial charge in [-0.15, -0.1) is 0 Å². The highest BCUT2D eigenvalue weighted by Gasteiger charge is 2.53. The molecule has 1 aromatic heterocycles. The lowest BCUT2D eigenvalue weighted by atomic mass is 10.1. The lowest BCUT2D eigenvalue weighted by molar-refractivity contribution is 0.118. The molecule has 2 aromatic rings. The first-order valence-electron chi connectivity index (χ1n) is 9.17. The van der Waals surface area contributed by atoms with E-state index in [-0.39, 0.29) is 31.6 Å². The van der Waals surface area contributed by atoms with Gasteiger partial charge in [0.05, 0.1) is 18.8 Å². The smallest absolute Gasteiger partial charge is 0.331 e. The zero-order chi connectivity index (χ0) is 19.8. The summed E-state index contributed by atoms with van der Waals surface area (Å²) in [4.78, 5) is 27.1. The van der Waals surface area contributed by atoms with Crippen LogP contribution in [0.5, 0.6) is 11.6 Å². The molecular formula is C20H26N2O5. The number of ether oxygens (including phenoxy) is 1. The molecule has 0 bridgehead atoms. The van der Waals surface area contributed by atoms with Gasteiger partial charge < -0.3 is 14.9 Å². The average Bonchev–Trinajstić information content (AvgIpc) is 3.31. The van der Waals surface area contributed by atoms with Gasteiger partial charge in [0, 0.05) is 12.0 Å². The molecule has 0 amide bonds. The molecule has 0 aliphatic heterocycles. The van der Waals surface area contributed by atoms with Crippen LogP contribution in [-0.4, -0.2) is 33.0 Å². The molecule has 1 fully saturated rings. The normalized spacial score (nSPS) is 17.7. The summed E-state index contributed by atoms with van der Waals surface area (Å²) in [5, 5.41) is 19.1. The number of benzene rings is 1. The van der Waals surface area contributed by atoms with Crippen molar-refractivity contribution in [1.82, 2.24) is 9.55 Å². The molecule has 0 radical (unpaired) electrons. The van der Waals surface area contributed by atoms with E-state index in [4.69, 9.17) is 4.74 Å². The van der Waals surface area contributed by atoms with Crippen LogP contribution in [0.1, 0.15) is 30.0 Å². The summed E-state index contributed by atoms with van der Waals surface area (Å²) in [6, 6.07) is 5.72. The van der Waals surface area contributed by atoms with Crippen LogP contribution in [0.2, 0.25) is 0 Å². The lowest BCUT2D eigenvalue weighted by Crippen LogP contribution is -2.34. The third kappa shape index (κ3) is 3.70. The molecule has 1 aromatic carbocycles. The second-order valence-electron chi connectivity index (χ2n) is 7.51. The van der Waals surface area contributed by atoms with Crippen LogP contribution >= 0.6 is 0 Å². The van der Waals surface area contributed by atoms with Gasteiger partial charge in [-0.2, -0.15) is 0 Å². The van der Waals surface area contributed by atoms with E-state index < -0.39 is 16.7 Å². The molecule has 1 saturated carbocycles. The van der Waals surface area contributed by atoms with E-state index >= 15 is 0 Å². The number of aryl methyl sites for hydroxylation is 2. The van der Waals surface area contributed by atoms with E-state index in [2.05, 4.69) is 4.98 Å². The van der Waals surface area contributed by atoms with Gasteiger partial charge in [0.1, 0.15) is 5.75 Å². The number of hydrogen-bond acceptors (Lipinski definition) is 5. The van der Waals surface area contributed by atoms with Crippen LogP contribution in [0.25, 0.3) is 0 Å². The van der Waals surface area contributed by atoms with Crippen molar-refractivity contribution in [2.75, 3.05) is 13.2 Å². The van der Waals surface area contributed by atoms with Crippen molar-refractivity contribution in [2.45, 2.75) is 40.2 Å². The minimum atomic E-state index is -0.570. The summed E-state index contributed by atoms with van der Waals surface area (Å²) in [6.45, 7) is 5.72. The minimum absolute atomic E-state index is 0.0533. The van der Waals surface area contributed by atoms with Crippen LogP contribution in [0, 0.1) is 25.2 Å². The number of hydrogen-bond donors (Lipinski definition) is 3. The molecule has 1 atom stereocenters. The van der Waals surface area contributed by atoms with E-state index in [1.165, 1.54) is 4.57 Å². The molecule has 1 aliphatic carbocycles. The molecule has 1 unspecified atom stereocenters. The fourth-order valence-corrected chi connectivity index (χ4v) is 3.64. The number of rotatable bonds is 7. The highest BCUT2D eigenvalue weighted by molar-refractivity contribution is 5.37. The maximum Gasteiger partial charge on any atom is 0.331 e. The summed E-state index contributed by atoms with van der Waals surface area (Å²) in [6.07, 6.45) is 1.03. The molecule has 146 valence electrons. The fraction of sp³-hybridized carbons (Fsp3) is 0.500. The van der Waals surface area contributed by atoms with Crippen molar-refractivity contribution in [3.63, 3.8) is 0 Å². The predicted octanol–water partition coefficient (Wildman–Crippen LogP) is 1.50. The van der Waals surface area contributed by atoms with Crippen LogP contribution in [0.15, 0.2) is 27.8 Å². The van der Waals surface area contributed by atoms with Crippen molar-refractivity contribution in [3.05, 3.63) is 55.7 Å². The maximum atomic E-state index is 12.5. The Balaban J connectivity index is 2.05. The van der Waals surface area contributed by atoms with Crippen LogP contribution in [0.3, 0.4) is 0 Å². The zero-order valence-corrected chi connectivity index (χ0v) is 15.9. The van der Waals surface area contributed by atoms with E-state index in [9.17, 15) is 19.8 Å². The van der Waals surface area contributed by atoms with Crippen molar-refractivity contribution in [2.24, 2.45) is 11.3 Å². The van der Waals surface area contributed by atoms with Crippen LogP contribution in [-0.2, 0) is 13.0 Å². The average molecular weight is 374 g/mol. The largest absolute Gasteiger partial charge is 0.440 e. The number of aliphatic hydroxyl groups is 2. The Morgan fingerprint density at radius 1 is 1.19 bits per heavy atom. The summed E-state index contributed by atoms with van der Waals surface area (Å²) in [7, 11) is 0. The van der Waals surface area contributed by atoms with Crippen molar-refractivity contribution in [3.8, 4) is 11.6 Å². The third-order valence-corrected chi connectivity index (χ3v) is 5.40. The van der Waals surface area contributed by atoms with Gasteiger partial charge >= 0.3 is 5.69 Å². The van der Waals surface area contributed by atoms with Gasteiger partial charge in [0.15, 0.2) is 0 Å². The van der Waals surface area contributed by atoms with Crippen molar-refractivity contribution < 1.29 is 14.9 Å². The molecule has 3 rings (SSSR count). The predicted molar refractivity (Wildman–Crippen MR) is 101 cm³/mol. The number of aromatic amines is 1. The van der Waals surface area contributed by atoms with E-state index in [1.807, 2.05) is 39.0 Å². The molecule has 7 heteroatoms. The lowest BCUT2D eigenvalue weighted by Gasteiger charge is -2.18. The monoisotopic (exact) mass is 374 g/mol. The van der Waals surface area contributed by atoms with Crippen LogP contribution in [0.4, 0.5) is 0 Å². The molecule has 7 nitrogen and oxygen atoms in total. The quantitative estimate of drug-likeness (QED) is 0.681. The Hall–Kier alpha value is -2.38. The van der Waals surface area contributed by atoms with E-state index in [1.54, 1.807) is 0 Å². The molecule has 0 saturated heterocycles. The van der Waals surface area contributed by atoms with Gasteiger partial charge in [-0.05, 0) is 55.9 Å². The standard InChI is InChI=1S/C20H26N2O5/c1-4-16-17(25)21-19(26)22(9-14-8-20(14,10-23)11-24)18(16)27-15-6-12(2)5-13(3)7-15/h5-7,14,23-24H,4,8-11H2,1-3H3,(H,21,25,26). The fourth-order valence-electron chi connectivity index (χ4n) is 3.64. The molecule has 0 spiro atoms. The molecular weight excluding hydrogens is 348 g/mol. The van der Waals surface area contributed by atoms with E-state index in [0.29, 0.717) is 24.2 Å². The highest BCUT2D eigenvalue weighted by atomic mass is 16.5. The zero-order valence-electron chi connectivity index (χ0n) is 15.9. The highest BCUT2D eigenvalue weighted by Crippen LogP contribution is 2.52. The van der Waals surface area contributed by atoms with Crippen LogP contribution < -0.4 is 16.0 Å². The molecule has 3 N–H and O–H groups in total. The van der Waals surface area contributed by atoms with Gasteiger partial charge in [-0.3, -0.25) is 14.3 Å². The summed E-state index contributed by atoms with van der Waals surface area (Å²) in [5.74, 6) is 0.739. The Morgan fingerprint density at radius 2 is 1.81 bits per heavy atom. The first-order valence-corrected chi connectivity index (χ1v) is 9.17. The Labute approximate surface area is 157 Å². The first-order chi connectivity index (χ1) is 12.8. The number of nitrogens with zero attached hydrogens (tertiary/aromatic N) is 1. The number of aromatic nitrogens is 2. The van der Waals surface area contributed by atoms with Gasteiger partial charge in [-0.25, -0.2) is 4.79 Å². The number of H-pyrrole nitrogens is 1.